The molecule has 120 valence electrons. The molecule has 0 aliphatic heterocycles. The van der Waals surface area contributed by atoms with Crippen molar-refractivity contribution in [1.29, 1.82) is 0 Å². The molecule has 1 aromatic rings. The highest BCUT2D eigenvalue weighted by molar-refractivity contribution is 5.96. The second kappa shape index (κ2) is 7.79. The van der Waals surface area contributed by atoms with E-state index in [9.17, 15) is 9.59 Å². The third-order valence-corrected chi connectivity index (χ3v) is 3.81. The van der Waals surface area contributed by atoms with Crippen molar-refractivity contribution in [2.45, 2.75) is 51.3 Å². The predicted octanol–water partition coefficient (Wildman–Crippen LogP) is 1.75. The number of nitrogens with one attached hydrogen (secondary N) is 3. The molecule has 1 aliphatic rings. The van der Waals surface area contributed by atoms with E-state index < -0.39 is 6.04 Å². The Hall–Kier alpha value is -2.08. The highest BCUT2D eigenvalue weighted by Gasteiger charge is 2.20. The number of aliphatic hydroxyl groups excluding tert-OH is 1. The summed E-state index contributed by atoms with van der Waals surface area (Å²) in [4.78, 5) is 23.9. The van der Waals surface area contributed by atoms with Gasteiger partial charge in [0.1, 0.15) is 6.04 Å². The highest BCUT2D eigenvalue weighted by Crippen LogP contribution is 2.17. The summed E-state index contributed by atoms with van der Waals surface area (Å²) in [5.74, 6) is -0.295. The van der Waals surface area contributed by atoms with E-state index in [0.717, 1.165) is 31.2 Å². The number of carbonyl (C=O) groups excluding carboxylic acids is 2. The average Bonchev–Trinajstić information content (AvgIpc) is 3.00. The summed E-state index contributed by atoms with van der Waals surface area (Å²) in [5.41, 5.74) is 1.32. The Kier molecular flexibility index (Phi) is 5.77. The van der Waals surface area contributed by atoms with Crippen LogP contribution in [0.25, 0.3) is 0 Å². The van der Waals surface area contributed by atoms with E-state index in [1.165, 1.54) is 0 Å². The zero-order valence-corrected chi connectivity index (χ0v) is 12.8. The lowest BCUT2D eigenvalue weighted by Gasteiger charge is -2.17. The zero-order chi connectivity index (χ0) is 15.9. The van der Waals surface area contributed by atoms with E-state index in [2.05, 4.69) is 16.0 Å². The van der Waals surface area contributed by atoms with Crippen molar-refractivity contribution in [3.8, 4) is 0 Å². The van der Waals surface area contributed by atoms with Crippen LogP contribution >= 0.6 is 0 Å². The topological polar surface area (TPSA) is 90.5 Å². The fourth-order valence-corrected chi connectivity index (χ4v) is 2.56. The third kappa shape index (κ3) is 4.73. The SMILES string of the molecule is CC(NC(=O)NC1CCCC1)C(=O)Nc1cccc(CO)c1. The van der Waals surface area contributed by atoms with Crippen molar-refractivity contribution in [3.05, 3.63) is 29.8 Å². The molecule has 0 aromatic heterocycles. The smallest absolute Gasteiger partial charge is 0.315 e. The number of benzene rings is 1. The molecule has 6 heteroatoms. The molecule has 2 rings (SSSR count). The van der Waals surface area contributed by atoms with Gasteiger partial charge >= 0.3 is 6.03 Å². The van der Waals surface area contributed by atoms with E-state index in [1.807, 2.05) is 0 Å². The van der Waals surface area contributed by atoms with E-state index in [4.69, 9.17) is 5.11 Å². The van der Waals surface area contributed by atoms with Crippen LogP contribution in [0.3, 0.4) is 0 Å². The van der Waals surface area contributed by atoms with Crippen molar-refractivity contribution in [2.24, 2.45) is 0 Å². The van der Waals surface area contributed by atoms with E-state index in [1.54, 1.807) is 31.2 Å². The van der Waals surface area contributed by atoms with Crippen LogP contribution in [-0.2, 0) is 11.4 Å². The number of amides is 3. The zero-order valence-electron chi connectivity index (χ0n) is 12.8. The van der Waals surface area contributed by atoms with Crippen molar-refractivity contribution < 1.29 is 14.7 Å². The van der Waals surface area contributed by atoms with Crippen molar-refractivity contribution in [2.75, 3.05) is 5.32 Å². The first-order chi connectivity index (χ1) is 10.6. The molecule has 0 bridgehead atoms. The Morgan fingerprint density at radius 2 is 2.05 bits per heavy atom. The van der Waals surface area contributed by atoms with Crippen LogP contribution in [0.2, 0.25) is 0 Å². The molecule has 0 radical (unpaired) electrons. The van der Waals surface area contributed by atoms with Gasteiger partial charge in [0.15, 0.2) is 0 Å². The van der Waals surface area contributed by atoms with Gasteiger partial charge in [-0.2, -0.15) is 0 Å². The summed E-state index contributed by atoms with van der Waals surface area (Å²) in [6, 6.07) is 6.23. The molecule has 0 spiro atoms. The monoisotopic (exact) mass is 305 g/mol. The standard InChI is InChI=1S/C16H23N3O3/c1-11(17-16(22)19-13-6-2-3-7-13)15(21)18-14-8-4-5-12(9-14)10-20/h4-5,8-9,11,13,20H,2-3,6-7,10H2,1H3,(H,18,21)(H2,17,19,22). The number of urea groups is 1. The maximum Gasteiger partial charge on any atom is 0.315 e. The van der Waals surface area contributed by atoms with E-state index in [0.29, 0.717) is 5.69 Å². The van der Waals surface area contributed by atoms with Gasteiger partial charge in [0.05, 0.1) is 6.61 Å². The van der Waals surface area contributed by atoms with Gasteiger partial charge < -0.3 is 21.1 Å². The quantitative estimate of drug-likeness (QED) is 0.668. The molecular formula is C16H23N3O3. The molecule has 0 heterocycles. The molecule has 0 saturated heterocycles. The minimum Gasteiger partial charge on any atom is -0.392 e. The Bertz CT molecular complexity index is 527. The van der Waals surface area contributed by atoms with Crippen molar-refractivity contribution in [1.82, 2.24) is 10.6 Å². The molecule has 1 aliphatic carbocycles. The summed E-state index contributed by atoms with van der Waals surface area (Å²) < 4.78 is 0. The maximum absolute atomic E-state index is 12.1. The summed E-state index contributed by atoms with van der Waals surface area (Å²) >= 11 is 0. The molecule has 6 nitrogen and oxygen atoms in total. The lowest BCUT2D eigenvalue weighted by atomic mass is 10.2. The first kappa shape index (κ1) is 16.3. The lowest BCUT2D eigenvalue weighted by molar-refractivity contribution is -0.117. The van der Waals surface area contributed by atoms with Crippen molar-refractivity contribution in [3.63, 3.8) is 0 Å². The van der Waals surface area contributed by atoms with Gasteiger partial charge in [-0.1, -0.05) is 25.0 Å². The van der Waals surface area contributed by atoms with Gasteiger partial charge in [-0.05, 0) is 37.5 Å². The van der Waals surface area contributed by atoms with Crippen LogP contribution in [0.1, 0.15) is 38.2 Å². The Morgan fingerprint density at radius 1 is 1.32 bits per heavy atom. The van der Waals surface area contributed by atoms with Crippen molar-refractivity contribution >= 4 is 17.6 Å². The lowest BCUT2D eigenvalue weighted by Crippen LogP contribution is -2.48. The van der Waals surface area contributed by atoms with Gasteiger partial charge in [-0.3, -0.25) is 4.79 Å². The Balaban J connectivity index is 1.81. The number of hydrogen-bond donors (Lipinski definition) is 4. The Labute approximate surface area is 130 Å². The molecule has 1 unspecified atom stereocenters. The molecular weight excluding hydrogens is 282 g/mol. The van der Waals surface area contributed by atoms with Gasteiger partial charge in [0.25, 0.3) is 0 Å². The summed E-state index contributed by atoms with van der Waals surface area (Å²) in [7, 11) is 0. The number of carbonyl (C=O) groups is 2. The average molecular weight is 305 g/mol. The van der Waals surface area contributed by atoms with Gasteiger partial charge in [-0.25, -0.2) is 4.79 Å². The van der Waals surface area contributed by atoms with Crippen LogP contribution in [0, 0.1) is 0 Å². The highest BCUT2D eigenvalue weighted by atomic mass is 16.3. The van der Waals surface area contributed by atoms with Crippen LogP contribution < -0.4 is 16.0 Å². The molecule has 1 fully saturated rings. The van der Waals surface area contributed by atoms with Crippen LogP contribution in [-0.4, -0.2) is 29.1 Å². The number of hydrogen-bond acceptors (Lipinski definition) is 3. The van der Waals surface area contributed by atoms with E-state index in [-0.39, 0.29) is 24.6 Å². The Morgan fingerprint density at radius 3 is 2.73 bits per heavy atom. The van der Waals surface area contributed by atoms with Crippen LogP contribution in [0.15, 0.2) is 24.3 Å². The van der Waals surface area contributed by atoms with Gasteiger partial charge in [0.2, 0.25) is 5.91 Å². The number of aliphatic hydroxyl groups is 1. The molecule has 22 heavy (non-hydrogen) atoms. The van der Waals surface area contributed by atoms with Crippen LogP contribution in [0.5, 0.6) is 0 Å². The van der Waals surface area contributed by atoms with Gasteiger partial charge in [-0.15, -0.1) is 0 Å². The fraction of sp³-hybridized carbons (Fsp3) is 0.500. The first-order valence-corrected chi connectivity index (χ1v) is 7.66. The minimum absolute atomic E-state index is 0.0820. The fourth-order valence-electron chi connectivity index (χ4n) is 2.56. The summed E-state index contributed by atoms with van der Waals surface area (Å²) in [6.45, 7) is 1.56. The summed E-state index contributed by atoms with van der Waals surface area (Å²) in [5, 5.41) is 17.3. The largest absolute Gasteiger partial charge is 0.392 e. The van der Waals surface area contributed by atoms with Gasteiger partial charge in [0, 0.05) is 11.7 Å². The van der Waals surface area contributed by atoms with E-state index >= 15 is 0 Å². The second-order valence-corrected chi connectivity index (χ2v) is 5.67. The molecule has 1 atom stereocenters. The number of anilines is 1. The number of rotatable bonds is 5. The second-order valence-electron chi connectivity index (χ2n) is 5.67. The molecule has 4 N–H and O–H groups in total. The first-order valence-electron chi connectivity index (χ1n) is 7.66. The molecule has 3 amide bonds. The maximum atomic E-state index is 12.1. The van der Waals surface area contributed by atoms with Crippen LogP contribution in [0.4, 0.5) is 10.5 Å². The normalized spacial score (nSPS) is 16.1. The minimum atomic E-state index is -0.640. The summed E-state index contributed by atoms with van der Waals surface area (Å²) in [6.07, 6.45) is 4.29. The molecule has 1 saturated carbocycles. The molecule has 1 aromatic carbocycles. The third-order valence-electron chi connectivity index (χ3n) is 3.81. The predicted molar refractivity (Wildman–Crippen MR) is 84.4 cm³/mol.